The Kier molecular flexibility index (Phi) is 38.8. The van der Waals surface area contributed by atoms with Crippen molar-refractivity contribution < 1.29 is 134 Å². The van der Waals surface area contributed by atoms with Crippen LogP contribution in [0.2, 0.25) is 0 Å². The number of hydrogen-bond donors (Lipinski definition) is 17. The van der Waals surface area contributed by atoms with Gasteiger partial charge < -0.3 is 87.7 Å². The third-order valence-corrected chi connectivity index (χ3v) is 26.2. The number of benzene rings is 3. The Bertz CT molecular complexity index is 5040. The van der Waals surface area contributed by atoms with E-state index >= 15 is 0 Å². The molecule has 2 unspecified atom stereocenters. The van der Waals surface area contributed by atoms with Gasteiger partial charge in [-0.1, -0.05) is 70.1 Å². The fourth-order valence-corrected chi connectivity index (χ4v) is 16.7. The number of imidazole rings is 1. The maximum absolute atomic E-state index is 13.8. The van der Waals surface area contributed by atoms with Crippen LogP contribution in [0.4, 0.5) is 5.69 Å². The number of carbonyl (C=O) groups excluding carboxylic acids is 8. The highest BCUT2D eigenvalue weighted by Crippen LogP contribution is 2.51. The van der Waals surface area contributed by atoms with Crippen molar-refractivity contribution in [1.29, 1.82) is 0 Å². The summed E-state index contributed by atoms with van der Waals surface area (Å²) < 4.78 is 73.6. The number of fused-ring (bicyclic) bond motifs is 2. The number of halogens is 4. The van der Waals surface area contributed by atoms with E-state index in [-0.39, 0.29) is 67.7 Å². The molecular weight excluding hydrogens is 1910 g/mol. The van der Waals surface area contributed by atoms with Gasteiger partial charge in [0.15, 0.2) is 0 Å². The van der Waals surface area contributed by atoms with Gasteiger partial charge in [0.25, 0.3) is 20.2 Å². The van der Waals surface area contributed by atoms with Gasteiger partial charge in [0.1, 0.15) is 47.8 Å². The van der Waals surface area contributed by atoms with E-state index in [2.05, 4.69) is 91.2 Å². The van der Waals surface area contributed by atoms with E-state index in [1.54, 1.807) is 49.7 Å². The normalized spacial score (nSPS) is 15.5. The molecular formula is C77H95Br4N11O28S2. The summed E-state index contributed by atoms with van der Waals surface area (Å²) in [6, 6.07) is -7.08. The smallest absolute Gasteiger partial charge is 0.326 e. The van der Waals surface area contributed by atoms with E-state index in [0.717, 1.165) is 47.3 Å². The molecule has 0 saturated heterocycles. The Hall–Kier alpha value is -10.3. The van der Waals surface area contributed by atoms with Gasteiger partial charge in [0.2, 0.25) is 47.3 Å². The number of aryl methyl sites for hydroxylation is 2. The van der Waals surface area contributed by atoms with Crippen LogP contribution in [-0.2, 0) is 110 Å². The van der Waals surface area contributed by atoms with Crippen molar-refractivity contribution in [3.05, 3.63) is 126 Å². The minimum atomic E-state index is -4.67. The number of unbranched alkanes of at least 4 members (excludes halogenated alkanes) is 5. The molecule has 2 heterocycles. The molecule has 0 spiro atoms. The molecule has 8 atom stereocenters. The van der Waals surface area contributed by atoms with Crippen LogP contribution < -0.4 is 47.4 Å². The van der Waals surface area contributed by atoms with E-state index in [0.29, 0.717) is 54.0 Å². The quantitative estimate of drug-likeness (QED) is 0.00753. The standard InChI is InChI=1S/C77H95Br4N11O28S2/c1-7-92-53-27-26-43(122(118,119)120)32-45(53)77(6,54(92)21-13-11-12-19-41(3)76(4,5)44-31-42(121(115,116)117)25-24-40(44)2)28-18-23-55(93)82-29-16-15-20-46(75(113)114)85-70(108)48(34-58(97)98)87-72(110)50(36-60(101)102)89-74(112)52(38-62(105)106)90-73(111)51(37-61(103)104)88-71(109)49(35-59(99)100)86-69(107)47(33-57(95)96)84-56(94)22-14-9-8-10-17-30-91-39-83-67-65(80)63(78)64(79)66(81)68(67)91/h11-13,19,21,24-27,31-32,39,46-52H,3,7-10,14-18,20,22-23,28-30,33-38H2,1-2,4-6H3,(H,82,93)(H,84,94)(H,85,108)(H,86,107)(H,87,110)(H,88,109)(H,89,112)(H,90,111)(H,95,96)(H,97,98)(H,99,100)(H,101,102)(H,103,104)(H,105,106)(H,113,114)(H,115,116,117)(H,118,119,120)/b13-11+,19-12+,54-21+/t46?,47-,48+,49+,50+,51+,52+,77?/m1/s1. The molecule has 0 fully saturated rings. The van der Waals surface area contributed by atoms with Gasteiger partial charge in [-0.3, -0.25) is 76.2 Å². The first kappa shape index (κ1) is 102. The van der Waals surface area contributed by atoms with E-state index in [9.17, 15) is 134 Å². The van der Waals surface area contributed by atoms with Crippen molar-refractivity contribution in [2.45, 2.75) is 220 Å². The summed E-state index contributed by atoms with van der Waals surface area (Å²) in [5.74, 6) is -23.5. The Morgan fingerprint density at radius 3 is 1.41 bits per heavy atom. The number of hydrogen-bond acceptors (Lipinski definition) is 21. The predicted molar refractivity (Wildman–Crippen MR) is 450 cm³/mol. The zero-order valence-electron chi connectivity index (χ0n) is 66.5. The maximum Gasteiger partial charge on any atom is 0.326 e. The Morgan fingerprint density at radius 2 is 0.951 bits per heavy atom. The van der Waals surface area contributed by atoms with Crippen LogP contribution >= 0.6 is 63.7 Å². The van der Waals surface area contributed by atoms with Crippen molar-refractivity contribution in [1.82, 2.24) is 52.1 Å². The maximum atomic E-state index is 13.8. The highest BCUT2D eigenvalue weighted by atomic mass is 79.9. The van der Waals surface area contributed by atoms with Crippen molar-refractivity contribution in [3.63, 3.8) is 0 Å². The second-order valence-corrected chi connectivity index (χ2v) is 35.2. The molecule has 122 heavy (non-hydrogen) atoms. The van der Waals surface area contributed by atoms with Crippen LogP contribution in [0.15, 0.2) is 119 Å². The fraction of sp³-hybridized carbons (Fsp3) is 0.455. The van der Waals surface area contributed by atoms with Crippen molar-refractivity contribution >= 4 is 190 Å². The average Bonchev–Trinajstić information content (AvgIpc) is 1.57. The topological polar surface area (TPSA) is 624 Å². The van der Waals surface area contributed by atoms with Gasteiger partial charge in [-0.05, 0) is 188 Å². The molecule has 666 valence electrons. The summed E-state index contributed by atoms with van der Waals surface area (Å²) in [6.07, 6.45) is 5.07. The third-order valence-electron chi connectivity index (χ3n) is 19.7. The number of nitrogens with one attached hydrogen (secondary N) is 8. The molecule has 5 rings (SSSR count). The number of carboxylic acid groups (broad SMARTS) is 7. The SMILES string of the molecule is C=C(/C=C/C=C/C=C1/N(CC)c2ccc(S(=O)(=O)O)cc2C1(C)CCCC(=O)NCCCCC(NC(=O)[C@H](CC(=O)O)NC(=O)[C@H](CC(=O)O)NC(=O)[C@H](CC(=O)O)NC(=O)[C@H](CC(=O)O)NC(=O)[C@H](CC(=O)O)NC(=O)[C@@H](CC(=O)O)NC(=O)CCCCCCCn1cnc2c(Br)c(Br)c(Br)c(Br)c21)C(=O)O)C(C)(C)c1cc(S(=O)(=O)O)ccc1C. The summed E-state index contributed by atoms with van der Waals surface area (Å²) in [7, 11) is -9.17. The minimum Gasteiger partial charge on any atom is -0.481 e. The molecule has 3 aromatic carbocycles. The largest absolute Gasteiger partial charge is 0.481 e. The molecule has 1 aromatic heterocycles. The molecule has 0 aliphatic carbocycles. The lowest BCUT2D eigenvalue weighted by atomic mass is 9.76. The van der Waals surface area contributed by atoms with E-state index in [1.165, 1.54) is 24.3 Å². The van der Waals surface area contributed by atoms with Gasteiger partial charge in [0.05, 0.1) is 69.1 Å². The van der Waals surface area contributed by atoms with Crippen molar-refractivity contribution in [2.24, 2.45) is 0 Å². The molecule has 0 saturated carbocycles. The number of aliphatic carboxylic acids is 7. The van der Waals surface area contributed by atoms with Crippen molar-refractivity contribution in [3.8, 4) is 0 Å². The molecule has 1 aliphatic rings. The minimum absolute atomic E-state index is 0.0304. The number of amides is 8. The van der Waals surface area contributed by atoms with E-state index in [4.69, 9.17) is 0 Å². The first-order chi connectivity index (χ1) is 56.9. The number of allylic oxidation sites excluding steroid dienone is 7. The lowest BCUT2D eigenvalue weighted by Crippen LogP contribution is -2.61. The number of aromatic nitrogens is 2. The Labute approximate surface area is 733 Å². The lowest BCUT2D eigenvalue weighted by Gasteiger charge is -2.30. The molecule has 0 radical (unpaired) electrons. The summed E-state index contributed by atoms with van der Waals surface area (Å²) in [5.41, 5.74) is 3.65. The van der Waals surface area contributed by atoms with Crippen molar-refractivity contribution in [2.75, 3.05) is 18.0 Å². The van der Waals surface area contributed by atoms with Crippen LogP contribution in [0, 0.1) is 6.92 Å². The van der Waals surface area contributed by atoms with Crippen LogP contribution in [-0.4, -0.2) is 216 Å². The van der Waals surface area contributed by atoms with E-state index in [1.807, 2.05) is 69.8 Å². The molecule has 45 heteroatoms. The van der Waals surface area contributed by atoms with Gasteiger partial charge in [-0.15, -0.1) is 0 Å². The summed E-state index contributed by atoms with van der Waals surface area (Å²) >= 11 is 14.2. The Morgan fingerprint density at radius 1 is 0.525 bits per heavy atom. The van der Waals surface area contributed by atoms with E-state index < -0.39 is 201 Å². The Balaban J connectivity index is 1.18. The number of carboxylic acids is 7. The molecule has 8 amide bonds. The first-order valence-electron chi connectivity index (χ1n) is 37.7. The zero-order valence-corrected chi connectivity index (χ0v) is 74.5. The molecule has 17 N–H and O–H groups in total. The third kappa shape index (κ3) is 30.0. The van der Waals surface area contributed by atoms with Crippen LogP contribution in [0.25, 0.3) is 11.0 Å². The number of anilines is 1. The number of rotatable bonds is 51. The molecule has 39 nitrogen and oxygen atoms in total. The molecule has 4 aromatic rings. The molecule has 1 aliphatic heterocycles. The van der Waals surface area contributed by atoms with Crippen LogP contribution in [0.5, 0.6) is 0 Å². The zero-order chi connectivity index (χ0) is 91.6. The highest BCUT2D eigenvalue weighted by molar-refractivity contribution is 9.15. The first-order valence-corrected chi connectivity index (χ1v) is 43.8. The highest BCUT2D eigenvalue weighted by Gasteiger charge is 2.44. The average molecular weight is 2010 g/mol. The van der Waals surface area contributed by atoms with Gasteiger partial charge in [-0.25, -0.2) is 9.78 Å². The second kappa shape index (κ2) is 46.2. The number of carbonyl (C=O) groups is 15. The predicted octanol–water partition coefficient (Wildman–Crippen LogP) is 6.34. The molecule has 0 bridgehead atoms. The number of nitrogens with zero attached hydrogens (tertiary/aromatic N) is 3. The number of likely N-dealkylation sites (N-methyl/N-ethyl adjacent to an activating group) is 1. The van der Waals surface area contributed by atoms with Crippen LogP contribution in [0.3, 0.4) is 0 Å². The monoisotopic (exact) mass is 2000 g/mol. The van der Waals surface area contributed by atoms with Gasteiger partial charge in [-0.2, -0.15) is 16.8 Å². The van der Waals surface area contributed by atoms with Gasteiger partial charge in [0, 0.05) is 63.6 Å². The summed E-state index contributed by atoms with van der Waals surface area (Å²) in [6.45, 7) is 14.4. The lowest BCUT2D eigenvalue weighted by molar-refractivity contribution is -0.145. The fourth-order valence-electron chi connectivity index (χ4n) is 13.3. The van der Waals surface area contributed by atoms with Gasteiger partial charge >= 0.3 is 41.8 Å². The summed E-state index contributed by atoms with van der Waals surface area (Å²) in [5, 5.41) is 84.9. The second-order valence-electron chi connectivity index (χ2n) is 29.1. The van der Waals surface area contributed by atoms with Crippen LogP contribution in [0.1, 0.15) is 160 Å². The summed E-state index contributed by atoms with van der Waals surface area (Å²) in [4.78, 5) is 199.